The van der Waals surface area contributed by atoms with Crippen LogP contribution < -0.4 is 10.1 Å². The van der Waals surface area contributed by atoms with E-state index >= 15 is 0 Å². The second-order valence-corrected chi connectivity index (χ2v) is 4.95. The molecule has 0 aliphatic carbocycles. The Kier molecular flexibility index (Phi) is 5.28. The quantitative estimate of drug-likeness (QED) is 0.849. The molecule has 2 rings (SSSR count). The number of ether oxygens (including phenoxy) is 1. The summed E-state index contributed by atoms with van der Waals surface area (Å²) in [6.45, 7) is 1.78. The Balaban J connectivity index is 2.05. The molecular formula is C17H19F2NO. The van der Waals surface area contributed by atoms with Gasteiger partial charge in [0.25, 0.3) is 0 Å². The van der Waals surface area contributed by atoms with E-state index in [1.165, 1.54) is 11.1 Å². The minimum Gasteiger partial charge on any atom is -0.434 e. The zero-order chi connectivity index (χ0) is 15.2. The average molecular weight is 291 g/mol. The van der Waals surface area contributed by atoms with Gasteiger partial charge in [-0.2, -0.15) is 8.78 Å². The van der Waals surface area contributed by atoms with E-state index in [2.05, 4.69) is 36.0 Å². The molecular weight excluding hydrogens is 272 g/mol. The minimum absolute atomic E-state index is 0.130. The first kappa shape index (κ1) is 15.4. The van der Waals surface area contributed by atoms with Gasteiger partial charge in [-0.05, 0) is 31.0 Å². The number of para-hydroxylation sites is 1. The fourth-order valence-electron chi connectivity index (χ4n) is 2.31. The monoisotopic (exact) mass is 291 g/mol. The van der Waals surface area contributed by atoms with Crippen molar-refractivity contribution in [3.8, 4) is 5.75 Å². The molecule has 2 aromatic rings. The highest BCUT2D eigenvalue weighted by Crippen LogP contribution is 2.22. The van der Waals surface area contributed by atoms with Gasteiger partial charge in [-0.15, -0.1) is 0 Å². The zero-order valence-electron chi connectivity index (χ0n) is 12.1. The molecule has 1 N–H and O–H groups in total. The van der Waals surface area contributed by atoms with Crippen molar-refractivity contribution >= 4 is 0 Å². The normalized spacial score (nSPS) is 12.4. The van der Waals surface area contributed by atoms with Crippen LogP contribution in [0.5, 0.6) is 5.75 Å². The smallest absolute Gasteiger partial charge is 0.387 e. The molecule has 0 aromatic heterocycles. The van der Waals surface area contributed by atoms with Gasteiger partial charge in [0.05, 0.1) is 0 Å². The average Bonchev–Trinajstić information content (AvgIpc) is 2.46. The zero-order valence-corrected chi connectivity index (χ0v) is 12.1. The molecule has 0 fully saturated rings. The first-order valence-electron chi connectivity index (χ1n) is 6.89. The summed E-state index contributed by atoms with van der Waals surface area (Å²) in [5, 5.41) is 3.34. The summed E-state index contributed by atoms with van der Waals surface area (Å²) in [7, 11) is 0. The van der Waals surface area contributed by atoms with E-state index < -0.39 is 6.61 Å². The molecule has 0 aliphatic heterocycles. The van der Waals surface area contributed by atoms with Crippen LogP contribution in [0, 0.1) is 6.92 Å². The maximum Gasteiger partial charge on any atom is 0.387 e. The van der Waals surface area contributed by atoms with Gasteiger partial charge in [-0.25, -0.2) is 0 Å². The Morgan fingerprint density at radius 3 is 2.43 bits per heavy atom. The van der Waals surface area contributed by atoms with Crippen molar-refractivity contribution in [3.05, 3.63) is 65.2 Å². The SMILES string of the molecule is Cc1ccccc1[C@@H](C)NCc1ccccc1OC(F)F. The Morgan fingerprint density at radius 1 is 1.05 bits per heavy atom. The van der Waals surface area contributed by atoms with E-state index in [0.717, 1.165) is 5.56 Å². The minimum atomic E-state index is -2.81. The molecule has 0 spiro atoms. The van der Waals surface area contributed by atoms with Gasteiger partial charge in [0.1, 0.15) is 5.75 Å². The maximum atomic E-state index is 12.4. The van der Waals surface area contributed by atoms with Gasteiger partial charge in [0, 0.05) is 18.2 Å². The van der Waals surface area contributed by atoms with Crippen LogP contribution in [0.2, 0.25) is 0 Å². The van der Waals surface area contributed by atoms with Gasteiger partial charge in [-0.1, -0.05) is 42.5 Å². The van der Waals surface area contributed by atoms with Crippen LogP contribution in [0.1, 0.15) is 29.7 Å². The molecule has 0 radical (unpaired) electrons. The number of nitrogens with one attached hydrogen (secondary N) is 1. The third kappa shape index (κ3) is 4.26. The molecule has 2 nitrogen and oxygen atoms in total. The third-order valence-electron chi connectivity index (χ3n) is 3.44. The fraction of sp³-hybridized carbons (Fsp3) is 0.294. The summed E-state index contributed by atoms with van der Waals surface area (Å²) >= 11 is 0. The lowest BCUT2D eigenvalue weighted by atomic mass is 10.0. The topological polar surface area (TPSA) is 21.3 Å². The van der Waals surface area contributed by atoms with Gasteiger partial charge in [0.15, 0.2) is 0 Å². The second-order valence-electron chi connectivity index (χ2n) is 4.95. The van der Waals surface area contributed by atoms with E-state index in [-0.39, 0.29) is 11.8 Å². The van der Waals surface area contributed by atoms with Crippen molar-refractivity contribution in [2.45, 2.75) is 33.0 Å². The highest BCUT2D eigenvalue weighted by molar-refractivity contribution is 5.34. The van der Waals surface area contributed by atoms with Gasteiger partial charge < -0.3 is 10.1 Å². The van der Waals surface area contributed by atoms with E-state index in [4.69, 9.17) is 0 Å². The van der Waals surface area contributed by atoms with Gasteiger partial charge in [0.2, 0.25) is 0 Å². The Bertz CT molecular complexity index is 587. The highest BCUT2D eigenvalue weighted by atomic mass is 19.3. The second kappa shape index (κ2) is 7.18. The molecule has 0 unspecified atom stereocenters. The molecule has 1 atom stereocenters. The predicted molar refractivity (Wildman–Crippen MR) is 79.5 cm³/mol. The van der Waals surface area contributed by atoms with E-state index in [1.807, 2.05) is 18.2 Å². The summed E-state index contributed by atoms with van der Waals surface area (Å²) in [5.74, 6) is 0.219. The van der Waals surface area contributed by atoms with Crippen LogP contribution in [0.15, 0.2) is 48.5 Å². The van der Waals surface area contributed by atoms with Crippen molar-refractivity contribution in [1.29, 1.82) is 0 Å². The summed E-state index contributed by atoms with van der Waals surface area (Å²) in [6, 6.07) is 15.1. The van der Waals surface area contributed by atoms with Crippen LogP contribution in [-0.4, -0.2) is 6.61 Å². The number of benzene rings is 2. The fourth-order valence-corrected chi connectivity index (χ4v) is 2.31. The van der Waals surface area contributed by atoms with Crippen molar-refractivity contribution < 1.29 is 13.5 Å². The maximum absolute atomic E-state index is 12.4. The number of alkyl halides is 2. The van der Waals surface area contributed by atoms with Crippen LogP contribution in [0.25, 0.3) is 0 Å². The molecule has 0 aliphatic rings. The molecule has 2 aromatic carbocycles. The Morgan fingerprint density at radius 2 is 1.71 bits per heavy atom. The third-order valence-corrected chi connectivity index (χ3v) is 3.44. The summed E-state index contributed by atoms with van der Waals surface area (Å²) in [6.07, 6.45) is 0. The van der Waals surface area contributed by atoms with Gasteiger partial charge >= 0.3 is 6.61 Å². The largest absolute Gasteiger partial charge is 0.434 e. The lowest BCUT2D eigenvalue weighted by Gasteiger charge is -2.18. The van der Waals surface area contributed by atoms with E-state index in [1.54, 1.807) is 18.2 Å². The van der Waals surface area contributed by atoms with Crippen molar-refractivity contribution in [2.75, 3.05) is 0 Å². The van der Waals surface area contributed by atoms with Crippen LogP contribution in [-0.2, 0) is 6.54 Å². The number of hydrogen-bond acceptors (Lipinski definition) is 2. The van der Waals surface area contributed by atoms with Gasteiger partial charge in [-0.3, -0.25) is 0 Å². The number of aryl methyl sites for hydroxylation is 1. The van der Waals surface area contributed by atoms with Crippen molar-refractivity contribution in [3.63, 3.8) is 0 Å². The molecule has 4 heteroatoms. The molecule has 0 amide bonds. The summed E-state index contributed by atoms with van der Waals surface area (Å²) < 4.78 is 29.3. The van der Waals surface area contributed by atoms with Crippen LogP contribution >= 0.6 is 0 Å². The Labute approximate surface area is 123 Å². The standard InChI is InChI=1S/C17H19F2NO/c1-12-7-3-5-9-15(12)13(2)20-11-14-8-4-6-10-16(14)21-17(18)19/h3-10,13,17,20H,11H2,1-2H3/t13-/m1/s1. The lowest BCUT2D eigenvalue weighted by molar-refractivity contribution is -0.0505. The Hall–Kier alpha value is -1.94. The van der Waals surface area contributed by atoms with E-state index in [9.17, 15) is 8.78 Å². The molecule has 0 bridgehead atoms. The number of rotatable bonds is 6. The summed E-state index contributed by atoms with van der Waals surface area (Å²) in [5.41, 5.74) is 3.12. The molecule has 112 valence electrons. The first-order chi connectivity index (χ1) is 10.1. The van der Waals surface area contributed by atoms with Crippen LogP contribution in [0.3, 0.4) is 0 Å². The van der Waals surface area contributed by atoms with E-state index in [0.29, 0.717) is 6.54 Å². The molecule has 0 heterocycles. The predicted octanol–water partition coefficient (Wildman–Crippen LogP) is 4.45. The highest BCUT2D eigenvalue weighted by Gasteiger charge is 2.11. The number of halogens is 2. The summed E-state index contributed by atoms with van der Waals surface area (Å²) in [4.78, 5) is 0. The first-order valence-corrected chi connectivity index (χ1v) is 6.89. The lowest BCUT2D eigenvalue weighted by Crippen LogP contribution is -2.19. The number of hydrogen-bond donors (Lipinski definition) is 1. The molecule has 21 heavy (non-hydrogen) atoms. The van der Waals surface area contributed by atoms with Crippen molar-refractivity contribution in [1.82, 2.24) is 5.32 Å². The van der Waals surface area contributed by atoms with Crippen LogP contribution in [0.4, 0.5) is 8.78 Å². The molecule has 0 saturated carbocycles. The molecule has 0 saturated heterocycles. The van der Waals surface area contributed by atoms with Crippen molar-refractivity contribution in [2.24, 2.45) is 0 Å².